The first-order chi connectivity index (χ1) is 13.2. The van der Waals surface area contributed by atoms with Crippen molar-refractivity contribution in [3.05, 3.63) is 95.6 Å². The molecule has 0 fully saturated rings. The predicted molar refractivity (Wildman–Crippen MR) is 106 cm³/mol. The van der Waals surface area contributed by atoms with Gasteiger partial charge in [0.1, 0.15) is 0 Å². The van der Waals surface area contributed by atoms with Gasteiger partial charge in [-0.15, -0.1) is 0 Å². The maximum Gasteiger partial charge on any atom is 0.233 e. The van der Waals surface area contributed by atoms with Gasteiger partial charge in [-0.1, -0.05) is 66.7 Å². The molecule has 5 heteroatoms. The zero-order valence-electron chi connectivity index (χ0n) is 14.7. The Labute approximate surface area is 163 Å². The highest BCUT2D eigenvalue weighted by Gasteiger charge is 2.20. The minimum absolute atomic E-state index is 0.323. The summed E-state index contributed by atoms with van der Waals surface area (Å²) >= 11 is 5.67. The van der Waals surface area contributed by atoms with Crippen molar-refractivity contribution in [3.63, 3.8) is 0 Å². The molecule has 4 nitrogen and oxygen atoms in total. The summed E-state index contributed by atoms with van der Waals surface area (Å²) in [4.78, 5) is 11.5. The summed E-state index contributed by atoms with van der Waals surface area (Å²) < 4.78 is 10.3. The second kappa shape index (κ2) is 9.21. The van der Waals surface area contributed by atoms with Gasteiger partial charge in [0, 0.05) is 6.54 Å². The van der Waals surface area contributed by atoms with Crippen LogP contribution in [0, 0.1) is 0 Å². The molecule has 0 bridgehead atoms. The number of hydrogen-bond acceptors (Lipinski definition) is 4. The van der Waals surface area contributed by atoms with Crippen molar-refractivity contribution < 1.29 is 14.3 Å². The summed E-state index contributed by atoms with van der Waals surface area (Å²) in [5, 5.41) is -0.350. The number of benzene rings is 3. The number of carbonyl (C=O) groups excluding carboxylic acids is 1. The minimum atomic E-state index is -0.371. The third kappa shape index (κ3) is 4.88. The summed E-state index contributed by atoms with van der Waals surface area (Å²) in [5.41, 5.74) is 8.36. The van der Waals surface area contributed by atoms with Gasteiger partial charge in [-0.2, -0.15) is 0 Å². The van der Waals surface area contributed by atoms with E-state index in [1.807, 2.05) is 78.9 Å². The van der Waals surface area contributed by atoms with Gasteiger partial charge < -0.3 is 15.2 Å². The molecule has 3 aromatic carbocycles. The molecule has 0 saturated carbocycles. The first-order valence-electron chi connectivity index (χ1n) is 8.57. The highest BCUT2D eigenvalue weighted by atomic mass is 35.5. The Morgan fingerprint density at radius 3 is 1.96 bits per heavy atom. The standard InChI is InChI=1S/C14H11ClO.C8H9NO2/c15-14(16)13(11-7-3-1-4-8-11)12-9-5-2-6-10-12;9-4-6-1-2-7-8(3-6)11-5-10-7/h1-10,13H;1-3H,4-5,9H2. The van der Waals surface area contributed by atoms with E-state index < -0.39 is 0 Å². The maximum atomic E-state index is 11.5. The van der Waals surface area contributed by atoms with Crippen LogP contribution in [0.25, 0.3) is 0 Å². The van der Waals surface area contributed by atoms with Gasteiger partial charge in [0.25, 0.3) is 0 Å². The van der Waals surface area contributed by atoms with E-state index in [1.54, 1.807) is 0 Å². The van der Waals surface area contributed by atoms with Crippen molar-refractivity contribution in [3.8, 4) is 11.5 Å². The number of nitrogens with two attached hydrogens (primary N) is 1. The van der Waals surface area contributed by atoms with Gasteiger partial charge in [0.2, 0.25) is 12.0 Å². The monoisotopic (exact) mass is 381 g/mol. The minimum Gasteiger partial charge on any atom is -0.454 e. The van der Waals surface area contributed by atoms with E-state index in [-0.39, 0.29) is 11.2 Å². The Kier molecular flexibility index (Phi) is 6.47. The van der Waals surface area contributed by atoms with Gasteiger partial charge >= 0.3 is 0 Å². The molecule has 0 radical (unpaired) electrons. The third-order valence-electron chi connectivity index (χ3n) is 4.17. The average molecular weight is 382 g/mol. The molecule has 1 heterocycles. The predicted octanol–water partition coefficient (Wildman–Crippen LogP) is 4.46. The Hall–Kier alpha value is -2.82. The van der Waals surface area contributed by atoms with E-state index in [2.05, 4.69) is 0 Å². The lowest BCUT2D eigenvalue weighted by Crippen LogP contribution is -2.08. The number of carbonyl (C=O) groups is 1. The van der Waals surface area contributed by atoms with Gasteiger partial charge in [-0.25, -0.2) is 0 Å². The molecule has 0 spiro atoms. The second-order valence-corrected chi connectivity index (χ2v) is 6.32. The van der Waals surface area contributed by atoms with E-state index in [1.165, 1.54) is 0 Å². The number of fused-ring (bicyclic) bond motifs is 1. The molecule has 2 N–H and O–H groups in total. The molecule has 1 aliphatic heterocycles. The first-order valence-corrected chi connectivity index (χ1v) is 8.94. The summed E-state index contributed by atoms with van der Waals surface area (Å²) in [5.74, 6) is 1.24. The Balaban J connectivity index is 0.000000166. The highest BCUT2D eigenvalue weighted by molar-refractivity contribution is 6.65. The molecular formula is C22H20ClNO3. The van der Waals surface area contributed by atoms with Crippen LogP contribution in [0.1, 0.15) is 22.6 Å². The van der Waals surface area contributed by atoms with Crippen LogP contribution < -0.4 is 15.2 Å². The molecule has 0 aliphatic carbocycles. The third-order valence-corrected chi connectivity index (χ3v) is 4.38. The van der Waals surface area contributed by atoms with E-state index >= 15 is 0 Å². The maximum absolute atomic E-state index is 11.5. The molecule has 27 heavy (non-hydrogen) atoms. The van der Waals surface area contributed by atoms with Crippen molar-refractivity contribution in [2.45, 2.75) is 12.5 Å². The Bertz CT molecular complexity index is 845. The molecule has 0 atom stereocenters. The lowest BCUT2D eigenvalue weighted by Gasteiger charge is -2.12. The van der Waals surface area contributed by atoms with Crippen molar-refractivity contribution in [2.75, 3.05) is 6.79 Å². The van der Waals surface area contributed by atoms with Gasteiger partial charge in [0.05, 0.1) is 5.92 Å². The molecule has 0 aromatic heterocycles. The first kappa shape index (κ1) is 19.0. The fourth-order valence-corrected chi connectivity index (χ4v) is 3.07. The van der Waals surface area contributed by atoms with Gasteiger partial charge in [-0.3, -0.25) is 4.79 Å². The van der Waals surface area contributed by atoms with E-state index in [0.717, 1.165) is 28.2 Å². The van der Waals surface area contributed by atoms with Crippen molar-refractivity contribution in [1.82, 2.24) is 0 Å². The number of rotatable bonds is 4. The van der Waals surface area contributed by atoms with Crippen molar-refractivity contribution in [2.24, 2.45) is 5.73 Å². The van der Waals surface area contributed by atoms with E-state index in [4.69, 9.17) is 26.8 Å². The van der Waals surface area contributed by atoms with Crippen LogP contribution in [-0.2, 0) is 11.3 Å². The van der Waals surface area contributed by atoms with Crippen molar-refractivity contribution >= 4 is 16.8 Å². The van der Waals surface area contributed by atoms with E-state index in [0.29, 0.717) is 13.3 Å². The molecule has 4 rings (SSSR count). The largest absolute Gasteiger partial charge is 0.454 e. The SMILES string of the molecule is NCc1ccc2c(c1)OCO2.O=C(Cl)C(c1ccccc1)c1ccccc1. The molecule has 1 aliphatic rings. The smallest absolute Gasteiger partial charge is 0.233 e. The fourth-order valence-electron chi connectivity index (χ4n) is 2.81. The van der Waals surface area contributed by atoms with Crippen LogP contribution in [0.2, 0.25) is 0 Å². The number of hydrogen-bond donors (Lipinski definition) is 1. The number of halogens is 1. The summed E-state index contributed by atoms with van der Waals surface area (Å²) in [6.45, 7) is 0.861. The summed E-state index contributed by atoms with van der Waals surface area (Å²) in [6, 6.07) is 24.9. The fraction of sp³-hybridized carbons (Fsp3) is 0.136. The Morgan fingerprint density at radius 1 is 0.889 bits per heavy atom. The zero-order valence-corrected chi connectivity index (χ0v) is 15.4. The summed E-state index contributed by atoms with van der Waals surface area (Å²) in [6.07, 6.45) is 0. The zero-order chi connectivity index (χ0) is 19.1. The summed E-state index contributed by atoms with van der Waals surface area (Å²) in [7, 11) is 0. The molecule has 0 amide bonds. The molecule has 0 unspecified atom stereocenters. The van der Waals surface area contributed by atoms with Crippen LogP contribution in [-0.4, -0.2) is 12.0 Å². The quantitative estimate of drug-likeness (QED) is 0.678. The average Bonchev–Trinajstić information content (AvgIpc) is 3.18. The molecule has 138 valence electrons. The molecular weight excluding hydrogens is 362 g/mol. The second-order valence-electron chi connectivity index (χ2n) is 5.95. The Morgan fingerprint density at radius 2 is 1.44 bits per heavy atom. The van der Waals surface area contributed by atoms with Crippen LogP contribution >= 0.6 is 11.6 Å². The van der Waals surface area contributed by atoms with E-state index in [9.17, 15) is 4.79 Å². The van der Waals surface area contributed by atoms with Crippen LogP contribution in [0.4, 0.5) is 0 Å². The number of ether oxygens (including phenoxy) is 2. The highest BCUT2D eigenvalue weighted by Crippen LogP contribution is 2.32. The lowest BCUT2D eigenvalue weighted by atomic mass is 9.93. The topological polar surface area (TPSA) is 61.6 Å². The normalized spacial score (nSPS) is 11.7. The van der Waals surface area contributed by atoms with Crippen LogP contribution in [0.3, 0.4) is 0 Å². The van der Waals surface area contributed by atoms with Crippen LogP contribution in [0.15, 0.2) is 78.9 Å². The molecule has 3 aromatic rings. The molecule has 0 saturated heterocycles. The lowest BCUT2D eigenvalue weighted by molar-refractivity contribution is -0.112. The van der Waals surface area contributed by atoms with Gasteiger partial charge in [-0.05, 0) is 40.4 Å². The van der Waals surface area contributed by atoms with Gasteiger partial charge in [0.15, 0.2) is 11.5 Å². The van der Waals surface area contributed by atoms with Crippen molar-refractivity contribution in [1.29, 1.82) is 0 Å². The van der Waals surface area contributed by atoms with Crippen LogP contribution in [0.5, 0.6) is 11.5 Å².